The van der Waals surface area contributed by atoms with Crippen molar-refractivity contribution in [3.05, 3.63) is 59.1 Å². The van der Waals surface area contributed by atoms with Crippen LogP contribution in [0.1, 0.15) is 16.1 Å². The number of carbonyl (C=O) groups is 1. The Hall–Kier alpha value is -2.24. The van der Waals surface area contributed by atoms with Crippen LogP contribution in [-0.2, 0) is 6.54 Å². The second-order valence-corrected chi connectivity index (χ2v) is 4.80. The number of nitrogens with zero attached hydrogens (tertiary/aromatic N) is 1. The number of amides is 1. The summed E-state index contributed by atoms with van der Waals surface area (Å²) in [5, 5.41) is 1.67. The number of rotatable bonds is 3. The van der Waals surface area contributed by atoms with Crippen LogP contribution in [-0.4, -0.2) is 10.5 Å². The van der Waals surface area contributed by atoms with E-state index >= 15 is 0 Å². The Morgan fingerprint density at radius 3 is 3.00 bits per heavy atom. The monoisotopic (exact) mass is 289 g/mol. The number of nitrogen functional groups attached to an aromatic ring is 1. The first-order chi connectivity index (χ1) is 9.69. The average molecular weight is 290 g/mol. The van der Waals surface area contributed by atoms with Crippen molar-refractivity contribution in [2.75, 3.05) is 0 Å². The highest BCUT2D eigenvalue weighted by Crippen LogP contribution is 2.26. The van der Waals surface area contributed by atoms with Crippen molar-refractivity contribution >= 4 is 28.4 Å². The van der Waals surface area contributed by atoms with Gasteiger partial charge in [0.05, 0.1) is 17.1 Å². The van der Waals surface area contributed by atoms with Crippen molar-refractivity contribution in [3.63, 3.8) is 0 Å². The molecule has 0 fully saturated rings. The van der Waals surface area contributed by atoms with Crippen molar-refractivity contribution in [1.82, 2.24) is 9.99 Å². The van der Waals surface area contributed by atoms with Crippen LogP contribution in [0, 0.1) is 0 Å². The largest absolute Gasteiger partial charge is 0.467 e. The fourth-order valence-corrected chi connectivity index (χ4v) is 2.44. The number of benzene rings is 1. The first kappa shape index (κ1) is 12.8. The Labute approximate surface area is 119 Å². The van der Waals surface area contributed by atoms with Gasteiger partial charge >= 0.3 is 0 Å². The van der Waals surface area contributed by atoms with Gasteiger partial charge in [-0.15, -0.1) is 0 Å². The molecule has 0 bridgehead atoms. The smallest absolute Gasteiger partial charge is 0.268 e. The molecule has 6 heteroatoms. The Morgan fingerprint density at radius 1 is 1.40 bits per heavy atom. The summed E-state index contributed by atoms with van der Waals surface area (Å²) < 4.78 is 7.34. The van der Waals surface area contributed by atoms with Gasteiger partial charge in [0.1, 0.15) is 12.0 Å². The Kier molecular flexibility index (Phi) is 3.22. The first-order valence-corrected chi connectivity index (χ1v) is 6.38. The van der Waals surface area contributed by atoms with Gasteiger partial charge in [-0.3, -0.25) is 10.2 Å². The number of para-hydroxylation sites is 1. The van der Waals surface area contributed by atoms with Gasteiger partial charge in [0.15, 0.2) is 0 Å². The van der Waals surface area contributed by atoms with Gasteiger partial charge in [-0.2, -0.15) is 0 Å². The molecule has 3 rings (SSSR count). The maximum atomic E-state index is 11.4. The van der Waals surface area contributed by atoms with E-state index in [0.717, 1.165) is 10.9 Å². The third-order valence-corrected chi connectivity index (χ3v) is 3.41. The highest BCUT2D eigenvalue weighted by Gasteiger charge is 2.11. The number of furan rings is 1. The zero-order chi connectivity index (χ0) is 14.1. The third-order valence-electron chi connectivity index (χ3n) is 3.11. The fourth-order valence-electron chi connectivity index (χ4n) is 2.17. The molecule has 0 saturated heterocycles. The number of hydrogen-bond acceptors (Lipinski definition) is 3. The van der Waals surface area contributed by atoms with Gasteiger partial charge < -0.3 is 8.98 Å². The Morgan fingerprint density at radius 2 is 2.20 bits per heavy atom. The molecular weight excluding hydrogens is 278 g/mol. The molecule has 1 aromatic carbocycles. The van der Waals surface area contributed by atoms with Crippen molar-refractivity contribution in [2.24, 2.45) is 5.84 Å². The molecule has 0 unspecified atom stereocenters. The van der Waals surface area contributed by atoms with Crippen molar-refractivity contribution in [2.45, 2.75) is 6.54 Å². The molecule has 102 valence electrons. The van der Waals surface area contributed by atoms with Crippen molar-refractivity contribution in [1.29, 1.82) is 0 Å². The van der Waals surface area contributed by atoms with E-state index in [4.69, 9.17) is 21.9 Å². The SMILES string of the molecule is NNC(=O)c1coc(Cn2cc(Cl)c3ccccc32)c1. The topological polar surface area (TPSA) is 73.2 Å². The number of fused-ring (bicyclic) bond motifs is 1. The van der Waals surface area contributed by atoms with Crippen LogP contribution in [0.25, 0.3) is 10.9 Å². The number of hydrazine groups is 1. The molecule has 0 spiro atoms. The summed E-state index contributed by atoms with van der Waals surface area (Å²) in [6.07, 6.45) is 3.22. The molecule has 2 aromatic heterocycles. The van der Waals surface area contributed by atoms with Crippen LogP contribution in [0.15, 0.2) is 47.2 Å². The summed E-state index contributed by atoms with van der Waals surface area (Å²) in [7, 11) is 0. The summed E-state index contributed by atoms with van der Waals surface area (Å²) >= 11 is 6.19. The van der Waals surface area contributed by atoms with Crippen LogP contribution in [0.3, 0.4) is 0 Å². The zero-order valence-electron chi connectivity index (χ0n) is 10.5. The first-order valence-electron chi connectivity index (χ1n) is 6.01. The standard InChI is InChI=1S/C14H12ClN3O2/c15-12-7-18(13-4-2-1-3-11(12)13)6-10-5-9(8-20-10)14(19)17-16/h1-5,7-8H,6,16H2,(H,17,19). The molecule has 5 nitrogen and oxygen atoms in total. The lowest BCUT2D eigenvalue weighted by Crippen LogP contribution is -2.29. The maximum absolute atomic E-state index is 11.4. The number of nitrogens with one attached hydrogen (secondary N) is 1. The molecule has 0 atom stereocenters. The number of carbonyl (C=O) groups excluding carboxylic acids is 1. The van der Waals surface area contributed by atoms with E-state index in [1.807, 2.05) is 35.0 Å². The van der Waals surface area contributed by atoms with E-state index in [2.05, 4.69) is 5.43 Å². The van der Waals surface area contributed by atoms with Gasteiger partial charge in [0.2, 0.25) is 0 Å². The number of hydrogen-bond donors (Lipinski definition) is 2. The van der Waals surface area contributed by atoms with Crippen LogP contribution in [0.2, 0.25) is 5.02 Å². The number of halogens is 1. The fraction of sp³-hybridized carbons (Fsp3) is 0.0714. The molecule has 0 aliphatic carbocycles. The van der Waals surface area contributed by atoms with Crippen LogP contribution < -0.4 is 11.3 Å². The molecule has 0 aliphatic rings. The van der Waals surface area contributed by atoms with E-state index in [1.165, 1.54) is 6.26 Å². The lowest BCUT2D eigenvalue weighted by Gasteiger charge is -2.01. The van der Waals surface area contributed by atoms with Crippen molar-refractivity contribution < 1.29 is 9.21 Å². The molecular formula is C14H12ClN3O2. The molecule has 3 N–H and O–H groups in total. The van der Waals surface area contributed by atoms with E-state index in [9.17, 15) is 4.79 Å². The van der Waals surface area contributed by atoms with E-state index in [0.29, 0.717) is 22.9 Å². The highest BCUT2D eigenvalue weighted by atomic mass is 35.5. The molecule has 0 saturated carbocycles. The second kappa shape index (κ2) is 5.03. The maximum Gasteiger partial charge on any atom is 0.268 e. The van der Waals surface area contributed by atoms with Gasteiger partial charge in [0.25, 0.3) is 5.91 Å². The number of nitrogens with two attached hydrogens (primary N) is 1. The van der Waals surface area contributed by atoms with Gasteiger partial charge in [-0.05, 0) is 12.1 Å². The minimum Gasteiger partial charge on any atom is -0.467 e. The van der Waals surface area contributed by atoms with Gasteiger partial charge in [0, 0.05) is 17.1 Å². The minimum atomic E-state index is -0.379. The lowest BCUT2D eigenvalue weighted by atomic mass is 10.2. The summed E-state index contributed by atoms with van der Waals surface area (Å²) in [6, 6.07) is 9.49. The van der Waals surface area contributed by atoms with Crippen molar-refractivity contribution in [3.8, 4) is 0 Å². The van der Waals surface area contributed by atoms with Gasteiger partial charge in [-0.25, -0.2) is 5.84 Å². The van der Waals surface area contributed by atoms with Gasteiger partial charge in [-0.1, -0.05) is 29.8 Å². The summed E-state index contributed by atoms with van der Waals surface area (Å²) in [5.74, 6) is 5.35. The molecule has 0 aliphatic heterocycles. The zero-order valence-corrected chi connectivity index (χ0v) is 11.2. The minimum absolute atomic E-state index is 0.379. The molecule has 3 aromatic rings. The quantitative estimate of drug-likeness (QED) is 0.442. The number of aromatic nitrogens is 1. The van der Waals surface area contributed by atoms with Crippen LogP contribution in [0.5, 0.6) is 0 Å². The summed E-state index contributed by atoms with van der Waals surface area (Å²) in [5.41, 5.74) is 3.47. The van der Waals surface area contributed by atoms with Crippen LogP contribution in [0.4, 0.5) is 0 Å². The predicted octanol–water partition coefficient (Wildman–Crippen LogP) is 2.54. The summed E-state index contributed by atoms with van der Waals surface area (Å²) in [6.45, 7) is 0.491. The average Bonchev–Trinajstić information content (AvgIpc) is 3.05. The molecule has 2 heterocycles. The van der Waals surface area contributed by atoms with E-state index in [-0.39, 0.29) is 5.91 Å². The normalized spacial score (nSPS) is 10.9. The third kappa shape index (κ3) is 2.17. The second-order valence-electron chi connectivity index (χ2n) is 4.40. The molecule has 1 amide bonds. The molecule has 20 heavy (non-hydrogen) atoms. The molecule has 0 radical (unpaired) electrons. The summed E-state index contributed by atoms with van der Waals surface area (Å²) in [4.78, 5) is 11.4. The predicted molar refractivity (Wildman–Crippen MR) is 76.4 cm³/mol. The van der Waals surface area contributed by atoms with E-state index in [1.54, 1.807) is 6.07 Å². The van der Waals surface area contributed by atoms with E-state index < -0.39 is 0 Å². The Balaban J connectivity index is 1.93. The highest BCUT2D eigenvalue weighted by molar-refractivity contribution is 6.35. The lowest BCUT2D eigenvalue weighted by molar-refractivity contribution is 0.0953. The van der Waals surface area contributed by atoms with Crippen LogP contribution >= 0.6 is 11.6 Å². The Bertz CT molecular complexity index is 776.